The molecule has 3 aliphatic heterocycles. The second-order valence-electron chi connectivity index (χ2n) is 7.11. The lowest BCUT2D eigenvalue weighted by atomic mass is 10.0. The number of benzene rings is 1. The summed E-state index contributed by atoms with van der Waals surface area (Å²) in [4.78, 5) is 9.52. The second-order valence-corrected chi connectivity index (χ2v) is 7.11. The van der Waals surface area contributed by atoms with Gasteiger partial charge in [-0.1, -0.05) is 24.3 Å². The monoisotopic (exact) mass is 340 g/mol. The number of hydrogen-bond acceptors (Lipinski definition) is 5. The molecule has 5 nitrogen and oxygen atoms in total. The van der Waals surface area contributed by atoms with E-state index in [4.69, 9.17) is 4.74 Å². The smallest absolute Gasteiger partial charge is 0.144 e. The first kappa shape index (κ1) is 16.6. The largest absolute Gasteiger partial charge is 0.379 e. The fraction of sp³-hybridized carbons (Fsp3) is 0.550. The van der Waals surface area contributed by atoms with Gasteiger partial charge in [-0.05, 0) is 30.9 Å². The first-order valence-electron chi connectivity index (χ1n) is 9.48. The molecule has 0 radical (unpaired) electrons. The van der Waals surface area contributed by atoms with Gasteiger partial charge < -0.3 is 15.0 Å². The Morgan fingerprint density at radius 2 is 1.80 bits per heavy atom. The lowest BCUT2D eigenvalue weighted by molar-refractivity contribution is 0.0198. The molecule has 134 valence electrons. The average Bonchev–Trinajstić information content (AvgIpc) is 3.23. The van der Waals surface area contributed by atoms with Crippen LogP contribution in [-0.4, -0.2) is 55.4 Å². The Morgan fingerprint density at radius 1 is 1.08 bits per heavy atom. The Hall–Kier alpha value is -1.85. The lowest BCUT2D eigenvalue weighted by Crippen LogP contribution is -2.38. The molecule has 0 aromatic heterocycles. The molecule has 25 heavy (non-hydrogen) atoms. The van der Waals surface area contributed by atoms with Gasteiger partial charge >= 0.3 is 0 Å². The summed E-state index contributed by atoms with van der Waals surface area (Å²) in [5, 5.41) is 3.49. The van der Waals surface area contributed by atoms with Crippen LogP contribution in [0.25, 0.3) is 0 Å². The molecular formula is C20H28N4O. The van der Waals surface area contributed by atoms with Gasteiger partial charge in [0.2, 0.25) is 0 Å². The highest BCUT2D eigenvalue weighted by atomic mass is 16.5. The fourth-order valence-corrected chi connectivity index (χ4v) is 3.85. The summed E-state index contributed by atoms with van der Waals surface area (Å²) in [6.45, 7) is 8.26. The van der Waals surface area contributed by atoms with Crippen molar-refractivity contribution in [2.45, 2.75) is 31.8 Å². The number of morpholine rings is 1. The molecule has 0 bridgehead atoms. The first-order chi connectivity index (χ1) is 12.3. The van der Waals surface area contributed by atoms with Crippen LogP contribution in [0.2, 0.25) is 0 Å². The van der Waals surface area contributed by atoms with Crippen LogP contribution >= 0.6 is 0 Å². The number of aliphatic imine (C=N–C) groups is 1. The van der Waals surface area contributed by atoms with Gasteiger partial charge in [-0.3, -0.25) is 4.90 Å². The van der Waals surface area contributed by atoms with Crippen LogP contribution in [0.1, 0.15) is 43.0 Å². The minimum Gasteiger partial charge on any atom is -0.379 e. The summed E-state index contributed by atoms with van der Waals surface area (Å²) in [6.07, 6.45) is 6.66. The van der Waals surface area contributed by atoms with Gasteiger partial charge in [-0.15, -0.1) is 0 Å². The van der Waals surface area contributed by atoms with Crippen LogP contribution in [0.15, 0.2) is 41.3 Å². The van der Waals surface area contributed by atoms with Gasteiger partial charge in [0.15, 0.2) is 0 Å². The van der Waals surface area contributed by atoms with E-state index in [9.17, 15) is 0 Å². The minimum absolute atomic E-state index is 0.166. The van der Waals surface area contributed by atoms with Crippen molar-refractivity contribution >= 4 is 6.21 Å². The molecule has 0 saturated carbocycles. The zero-order valence-electron chi connectivity index (χ0n) is 15.0. The van der Waals surface area contributed by atoms with Crippen molar-refractivity contribution in [3.05, 3.63) is 47.4 Å². The zero-order valence-corrected chi connectivity index (χ0v) is 15.0. The molecule has 2 unspecified atom stereocenters. The van der Waals surface area contributed by atoms with Crippen LogP contribution in [0.5, 0.6) is 0 Å². The van der Waals surface area contributed by atoms with E-state index >= 15 is 0 Å². The molecule has 0 spiro atoms. The molecule has 4 rings (SSSR count). The molecule has 0 aliphatic carbocycles. The zero-order chi connectivity index (χ0) is 17.1. The molecule has 1 aromatic rings. The van der Waals surface area contributed by atoms with E-state index < -0.39 is 0 Å². The Morgan fingerprint density at radius 3 is 2.44 bits per heavy atom. The van der Waals surface area contributed by atoms with Crippen molar-refractivity contribution in [1.29, 1.82) is 0 Å². The minimum atomic E-state index is 0.166. The van der Waals surface area contributed by atoms with Crippen molar-refractivity contribution in [2.24, 2.45) is 4.99 Å². The molecule has 0 amide bonds. The highest BCUT2D eigenvalue weighted by Gasteiger charge is 2.20. The summed E-state index contributed by atoms with van der Waals surface area (Å²) < 4.78 is 5.46. The van der Waals surface area contributed by atoms with Crippen molar-refractivity contribution in [1.82, 2.24) is 15.1 Å². The van der Waals surface area contributed by atoms with Crippen LogP contribution in [-0.2, 0) is 4.74 Å². The fourth-order valence-electron chi connectivity index (χ4n) is 3.85. The highest BCUT2D eigenvalue weighted by molar-refractivity contribution is 5.69. The number of likely N-dealkylation sites (tertiary alicyclic amines) is 1. The first-order valence-corrected chi connectivity index (χ1v) is 9.48. The third kappa shape index (κ3) is 3.72. The van der Waals surface area contributed by atoms with Gasteiger partial charge in [0.25, 0.3) is 0 Å². The molecule has 1 aromatic carbocycles. The normalized spacial score (nSPS) is 25.6. The quantitative estimate of drug-likeness (QED) is 0.915. The topological polar surface area (TPSA) is 40.1 Å². The molecule has 2 fully saturated rings. The van der Waals surface area contributed by atoms with Crippen molar-refractivity contribution in [3.8, 4) is 0 Å². The SMILES string of the molecule is CC(c1ccc(C2C=NC(N3CCCC3)=CN2)cc1)N1CCOCC1. The Labute approximate surface area is 150 Å². The summed E-state index contributed by atoms with van der Waals surface area (Å²) in [5.74, 6) is 1.08. The molecule has 2 saturated heterocycles. The standard InChI is InChI=1S/C20H28N4O/c1-16(23-10-12-25-13-11-23)17-4-6-18(7-5-17)19-14-22-20(15-21-19)24-8-2-3-9-24/h4-7,14-16,19,21H,2-3,8-13H2,1H3. The van der Waals surface area contributed by atoms with E-state index in [-0.39, 0.29) is 6.04 Å². The second kappa shape index (κ2) is 7.58. The van der Waals surface area contributed by atoms with Crippen molar-refractivity contribution in [3.63, 3.8) is 0 Å². The number of ether oxygens (including phenoxy) is 1. The van der Waals surface area contributed by atoms with E-state index in [0.29, 0.717) is 6.04 Å². The lowest BCUT2D eigenvalue weighted by Gasteiger charge is -2.32. The summed E-state index contributed by atoms with van der Waals surface area (Å²) in [7, 11) is 0. The van der Waals surface area contributed by atoms with Gasteiger partial charge in [0.1, 0.15) is 5.82 Å². The van der Waals surface area contributed by atoms with E-state index in [1.54, 1.807) is 0 Å². The average molecular weight is 340 g/mol. The maximum absolute atomic E-state index is 5.46. The third-order valence-electron chi connectivity index (χ3n) is 5.55. The van der Waals surface area contributed by atoms with Gasteiger partial charge in [-0.2, -0.15) is 0 Å². The number of nitrogens with one attached hydrogen (secondary N) is 1. The Bertz CT molecular complexity index is 628. The molecule has 2 atom stereocenters. The predicted molar refractivity (Wildman–Crippen MR) is 101 cm³/mol. The summed E-state index contributed by atoms with van der Waals surface area (Å²) in [5.41, 5.74) is 2.63. The van der Waals surface area contributed by atoms with Crippen LogP contribution in [0.4, 0.5) is 0 Å². The van der Waals surface area contributed by atoms with Crippen LogP contribution in [0.3, 0.4) is 0 Å². The maximum atomic E-state index is 5.46. The third-order valence-corrected chi connectivity index (χ3v) is 5.55. The molecule has 5 heteroatoms. The molecule has 3 heterocycles. The number of nitrogens with zero attached hydrogens (tertiary/aromatic N) is 3. The van der Waals surface area contributed by atoms with Crippen molar-refractivity contribution < 1.29 is 4.74 Å². The van der Waals surface area contributed by atoms with Crippen molar-refractivity contribution in [2.75, 3.05) is 39.4 Å². The molecule has 1 N–H and O–H groups in total. The van der Waals surface area contributed by atoms with Gasteiger partial charge in [0, 0.05) is 44.6 Å². The van der Waals surface area contributed by atoms with Gasteiger partial charge in [-0.25, -0.2) is 4.99 Å². The van der Waals surface area contributed by atoms with E-state index in [1.165, 1.54) is 24.0 Å². The summed E-state index contributed by atoms with van der Waals surface area (Å²) in [6, 6.07) is 9.57. The Kier molecular flexibility index (Phi) is 5.04. The summed E-state index contributed by atoms with van der Waals surface area (Å²) >= 11 is 0. The van der Waals surface area contributed by atoms with E-state index in [0.717, 1.165) is 45.2 Å². The van der Waals surface area contributed by atoms with E-state index in [1.807, 2.05) is 6.21 Å². The van der Waals surface area contributed by atoms with Crippen LogP contribution in [0, 0.1) is 0 Å². The number of hydrogen-bond donors (Lipinski definition) is 1. The van der Waals surface area contributed by atoms with Crippen LogP contribution < -0.4 is 5.32 Å². The number of rotatable bonds is 4. The Balaban J connectivity index is 1.38. The van der Waals surface area contributed by atoms with Gasteiger partial charge in [0.05, 0.1) is 19.3 Å². The van der Waals surface area contributed by atoms with E-state index in [2.05, 4.69) is 57.5 Å². The predicted octanol–water partition coefficient (Wildman–Crippen LogP) is 2.69. The molecule has 3 aliphatic rings. The highest BCUT2D eigenvalue weighted by Crippen LogP contribution is 2.24. The maximum Gasteiger partial charge on any atom is 0.144 e. The molecular weight excluding hydrogens is 312 g/mol.